The Hall–Kier alpha value is -1.02. The second-order valence-corrected chi connectivity index (χ2v) is 8.19. The molecule has 0 saturated heterocycles. The number of hydrogen-bond donors (Lipinski definition) is 2. The van der Waals surface area contributed by atoms with Crippen molar-refractivity contribution >= 4 is 57.3 Å². The molecular formula is C14H16Cl2N4OS2. The van der Waals surface area contributed by atoms with E-state index in [1.165, 1.54) is 23.1 Å². The molecule has 0 spiro atoms. The zero-order valence-corrected chi connectivity index (χ0v) is 15.9. The van der Waals surface area contributed by atoms with E-state index in [9.17, 15) is 4.79 Å². The van der Waals surface area contributed by atoms with E-state index in [2.05, 4.69) is 20.8 Å². The van der Waals surface area contributed by atoms with Gasteiger partial charge >= 0.3 is 0 Å². The van der Waals surface area contributed by atoms with Crippen molar-refractivity contribution in [3.8, 4) is 0 Å². The molecular weight excluding hydrogens is 375 g/mol. The average Bonchev–Trinajstić information content (AvgIpc) is 2.94. The van der Waals surface area contributed by atoms with Crippen LogP contribution >= 0.6 is 46.3 Å². The monoisotopic (exact) mass is 390 g/mol. The van der Waals surface area contributed by atoms with Crippen molar-refractivity contribution < 1.29 is 4.79 Å². The summed E-state index contributed by atoms with van der Waals surface area (Å²) in [6.45, 7) is 3.71. The Kier molecular flexibility index (Phi) is 6.52. The maximum Gasteiger partial charge on any atom is 0.233 e. The van der Waals surface area contributed by atoms with Crippen LogP contribution in [0.25, 0.3) is 0 Å². The zero-order valence-electron chi connectivity index (χ0n) is 12.8. The first-order chi connectivity index (χ1) is 10.9. The number of carbonyl (C=O) groups is 1. The molecule has 0 aliphatic heterocycles. The number of carbonyl (C=O) groups excluding carboxylic acids is 1. The van der Waals surface area contributed by atoms with Crippen LogP contribution in [0.1, 0.15) is 25.5 Å². The van der Waals surface area contributed by atoms with Crippen molar-refractivity contribution in [2.45, 2.75) is 29.5 Å². The van der Waals surface area contributed by atoms with Gasteiger partial charge in [0.25, 0.3) is 0 Å². The first kappa shape index (κ1) is 18.3. The van der Waals surface area contributed by atoms with Gasteiger partial charge in [0.15, 0.2) is 4.34 Å². The number of amides is 1. The summed E-state index contributed by atoms with van der Waals surface area (Å²) >= 11 is 14.8. The molecule has 0 bridgehead atoms. The highest BCUT2D eigenvalue weighted by Crippen LogP contribution is 2.30. The van der Waals surface area contributed by atoms with E-state index in [-0.39, 0.29) is 17.2 Å². The van der Waals surface area contributed by atoms with Crippen molar-refractivity contribution in [1.29, 1.82) is 0 Å². The predicted octanol–water partition coefficient (Wildman–Crippen LogP) is 4.24. The second-order valence-electron chi connectivity index (χ2n) is 4.78. The maximum absolute atomic E-state index is 12.3. The maximum atomic E-state index is 12.3. The molecule has 1 amide bonds. The van der Waals surface area contributed by atoms with E-state index >= 15 is 0 Å². The lowest BCUT2D eigenvalue weighted by atomic mass is 10.1. The van der Waals surface area contributed by atoms with Gasteiger partial charge in [-0.15, -0.1) is 10.2 Å². The van der Waals surface area contributed by atoms with E-state index in [4.69, 9.17) is 23.2 Å². The summed E-state index contributed by atoms with van der Waals surface area (Å²) in [5.41, 5.74) is 0.829. The largest absolute Gasteiger partial charge is 0.363 e. The van der Waals surface area contributed by atoms with Crippen LogP contribution in [-0.4, -0.2) is 28.4 Å². The lowest BCUT2D eigenvalue weighted by Gasteiger charge is -2.18. The van der Waals surface area contributed by atoms with Crippen molar-refractivity contribution in [2.24, 2.45) is 0 Å². The average molecular weight is 391 g/mol. The lowest BCUT2D eigenvalue weighted by Crippen LogP contribution is -2.33. The molecule has 2 N–H and O–H groups in total. The summed E-state index contributed by atoms with van der Waals surface area (Å²) in [7, 11) is 1.78. The van der Waals surface area contributed by atoms with Gasteiger partial charge in [-0.3, -0.25) is 4.79 Å². The molecule has 2 atom stereocenters. The predicted molar refractivity (Wildman–Crippen MR) is 97.8 cm³/mol. The molecule has 9 heteroatoms. The zero-order chi connectivity index (χ0) is 17.0. The molecule has 1 aromatic heterocycles. The molecule has 0 unspecified atom stereocenters. The second kappa shape index (κ2) is 8.19. The van der Waals surface area contributed by atoms with Gasteiger partial charge in [-0.2, -0.15) is 0 Å². The molecule has 0 fully saturated rings. The number of benzene rings is 1. The standard InChI is InChI=1S/C14H16Cl2N4OS2/c1-7(10-5-4-9(15)6-11(10)16)18-12(21)8(2)22-14-20-19-13(17-3)23-14/h4-8H,1-3H3,(H,17,19)(H,18,21)/t7-,8+/m0/s1. The number of aromatic nitrogens is 2. The fraction of sp³-hybridized carbons (Fsp3) is 0.357. The molecule has 2 aromatic rings. The van der Waals surface area contributed by atoms with E-state index < -0.39 is 0 Å². The van der Waals surface area contributed by atoms with E-state index in [1.807, 2.05) is 19.9 Å². The van der Waals surface area contributed by atoms with E-state index in [0.717, 1.165) is 15.0 Å². The molecule has 23 heavy (non-hydrogen) atoms. The van der Waals surface area contributed by atoms with Crippen LogP contribution < -0.4 is 10.6 Å². The summed E-state index contributed by atoms with van der Waals surface area (Å²) < 4.78 is 0.745. The van der Waals surface area contributed by atoms with Crippen LogP contribution in [0.4, 0.5) is 5.13 Å². The topological polar surface area (TPSA) is 66.9 Å². The lowest BCUT2D eigenvalue weighted by molar-refractivity contribution is -0.120. The first-order valence-electron chi connectivity index (χ1n) is 6.84. The molecule has 2 rings (SSSR count). The van der Waals surface area contributed by atoms with Crippen LogP contribution in [0.2, 0.25) is 10.0 Å². The number of thioether (sulfide) groups is 1. The van der Waals surface area contributed by atoms with Crippen molar-refractivity contribution in [3.05, 3.63) is 33.8 Å². The van der Waals surface area contributed by atoms with Gasteiger partial charge in [0.05, 0.1) is 11.3 Å². The summed E-state index contributed by atoms with van der Waals surface area (Å²) in [6.07, 6.45) is 0. The summed E-state index contributed by atoms with van der Waals surface area (Å²) in [5, 5.41) is 15.4. The third-order valence-corrected chi connectivity index (χ3v) is 5.74. The normalized spacial score (nSPS) is 13.4. The summed E-state index contributed by atoms with van der Waals surface area (Å²) in [6, 6.07) is 5.03. The van der Waals surface area contributed by atoms with Crippen molar-refractivity contribution in [3.63, 3.8) is 0 Å². The molecule has 0 aliphatic rings. The number of nitrogens with zero attached hydrogens (tertiary/aromatic N) is 2. The number of anilines is 1. The summed E-state index contributed by atoms with van der Waals surface area (Å²) in [5.74, 6) is -0.0882. The Morgan fingerprint density at radius 1 is 1.30 bits per heavy atom. The first-order valence-corrected chi connectivity index (χ1v) is 9.29. The summed E-state index contributed by atoms with van der Waals surface area (Å²) in [4.78, 5) is 12.3. The van der Waals surface area contributed by atoms with Crippen molar-refractivity contribution in [2.75, 3.05) is 12.4 Å². The van der Waals surface area contributed by atoms with Crippen LogP contribution in [0.5, 0.6) is 0 Å². The molecule has 0 aliphatic carbocycles. The quantitative estimate of drug-likeness (QED) is 0.721. The highest BCUT2D eigenvalue weighted by atomic mass is 35.5. The molecule has 0 saturated carbocycles. The van der Waals surface area contributed by atoms with Gasteiger partial charge < -0.3 is 10.6 Å². The van der Waals surface area contributed by atoms with Crippen molar-refractivity contribution in [1.82, 2.24) is 15.5 Å². The van der Waals surface area contributed by atoms with Gasteiger partial charge in [-0.25, -0.2) is 0 Å². The third kappa shape index (κ3) is 4.97. The smallest absolute Gasteiger partial charge is 0.233 e. The number of nitrogens with one attached hydrogen (secondary N) is 2. The number of halogens is 2. The highest BCUT2D eigenvalue weighted by Gasteiger charge is 2.20. The molecule has 0 radical (unpaired) electrons. The SMILES string of the molecule is CNc1nnc(S[C@H](C)C(=O)N[C@@H](C)c2ccc(Cl)cc2Cl)s1. The van der Waals surface area contributed by atoms with Gasteiger partial charge in [0, 0.05) is 17.1 Å². The number of rotatable bonds is 6. The molecule has 5 nitrogen and oxygen atoms in total. The Morgan fingerprint density at radius 3 is 2.65 bits per heavy atom. The Labute approximate surface area is 153 Å². The Bertz CT molecular complexity index is 695. The molecule has 1 aromatic carbocycles. The van der Waals surface area contributed by atoms with Gasteiger partial charge in [0.2, 0.25) is 11.0 Å². The highest BCUT2D eigenvalue weighted by molar-refractivity contribution is 8.02. The van der Waals surface area contributed by atoms with Crippen LogP contribution in [-0.2, 0) is 4.79 Å². The fourth-order valence-electron chi connectivity index (χ4n) is 1.82. The minimum absolute atomic E-state index is 0.0882. The Balaban J connectivity index is 1.97. The third-order valence-electron chi connectivity index (χ3n) is 3.05. The van der Waals surface area contributed by atoms with E-state index in [1.54, 1.807) is 19.2 Å². The van der Waals surface area contributed by atoms with Crippen LogP contribution in [0, 0.1) is 0 Å². The van der Waals surface area contributed by atoms with Crippen LogP contribution in [0.15, 0.2) is 22.5 Å². The van der Waals surface area contributed by atoms with Gasteiger partial charge in [-0.1, -0.05) is 52.4 Å². The molecule has 1 heterocycles. The minimum atomic E-state index is -0.291. The molecule has 124 valence electrons. The fourth-order valence-corrected chi connectivity index (χ4v) is 4.26. The van der Waals surface area contributed by atoms with E-state index in [0.29, 0.717) is 10.0 Å². The van der Waals surface area contributed by atoms with Gasteiger partial charge in [0.1, 0.15) is 0 Å². The minimum Gasteiger partial charge on any atom is -0.363 e. The number of hydrogen-bond acceptors (Lipinski definition) is 6. The van der Waals surface area contributed by atoms with Gasteiger partial charge in [-0.05, 0) is 31.5 Å². The van der Waals surface area contributed by atoms with Crippen LogP contribution in [0.3, 0.4) is 0 Å². The Morgan fingerprint density at radius 2 is 2.04 bits per heavy atom.